The molecule has 0 amide bonds. The van der Waals surface area contributed by atoms with Gasteiger partial charge in [0.15, 0.2) is 5.78 Å². The molecule has 0 aromatic carbocycles. The van der Waals surface area contributed by atoms with E-state index in [2.05, 4.69) is 0 Å². The van der Waals surface area contributed by atoms with Gasteiger partial charge in [-0.25, -0.2) is 0 Å². The highest BCUT2D eigenvalue weighted by Crippen LogP contribution is 2.23. The SMILES string of the molecule is CCOC(=O)C[C@H]1C(=O)CO[C@@H]1CC. The summed E-state index contributed by atoms with van der Waals surface area (Å²) in [4.78, 5) is 22.5. The highest BCUT2D eigenvalue weighted by molar-refractivity contribution is 5.88. The lowest BCUT2D eigenvalue weighted by molar-refractivity contribution is -0.146. The fraction of sp³-hybridized carbons (Fsp3) is 0.800. The molecule has 14 heavy (non-hydrogen) atoms. The number of carbonyl (C=O) groups is 2. The number of hydrogen-bond donors (Lipinski definition) is 0. The molecule has 0 unspecified atom stereocenters. The lowest BCUT2D eigenvalue weighted by Crippen LogP contribution is -2.24. The van der Waals surface area contributed by atoms with Crippen LogP contribution in [0.1, 0.15) is 26.7 Å². The van der Waals surface area contributed by atoms with Crippen molar-refractivity contribution < 1.29 is 19.1 Å². The van der Waals surface area contributed by atoms with Crippen molar-refractivity contribution in [2.75, 3.05) is 13.2 Å². The van der Waals surface area contributed by atoms with E-state index in [1.165, 1.54) is 0 Å². The molecule has 0 spiro atoms. The molecule has 80 valence electrons. The van der Waals surface area contributed by atoms with Crippen molar-refractivity contribution in [3.63, 3.8) is 0 Å². The average Bonchev–Trinajstić information content (AvgIpc) is 2.48. The fourth-order valence-corrected chi connectivity index (χ4v) is 1.67. The second-order valence-electron chi connectivity index (χ2n) is 3.34. The van der Waals surface area contributed by atoms with Crippen molar-refractivity contribution in [3.05, 3.63) is 0 Å². The van der Waals surface area contributed by atoms with Crippen LogP contribution in [-0.2, 0) is 19.1 Å². The third-order valence-corrected chi connectivity index (χ3v) is 2.40. The van der Waals surface area contributed by atoms with Crippen molar-refractivity contribution >= 4 is 11.8 Å². The number of rotatable bonds is 4. The van der Waals surface area contributed by atoms with Crippen molar-refractivity contribution in [2.45, 2.75) is 32.8 Å². The van der Waals surface area contributed by atoms with Crippen LogP contribution in [0.4, 0.5) is 0 Å². The normalized spacial score (nSPS) is 26.6. The van der Waals surface area contributed by atoms with Crippen molar-refractivity contribution in [1.29, 1.82) is 0 Å². The third kappa shape index (κ3) is 2.54. The number of carbonyl (C=O) groups excluding carboxylic acids is 2. The first kappa shape index (κ1) is 11.2. The number of ether oxygens (including phenoxy) is 2. The molecular weight excluding hydrogens is 184 g/mol. The zero-order valence-electron chi connectivity index (χ0n) is 8.62. The Hall–Kier alpha value is -0.900. The second kappa shape index (κ2) is 5.10. The van der Waals surface area contributed by atoms with Gasteiger partial charge in [0.05, 0.1) is 25.0 Å². The van der Waals surface area contributed by atoms with Crippen LogP contribution in [-0.4, -0.2) is 31.1 Å². The molecule has 1 saturated heterocycles. The van der Waals surface area contributed by atoms with Gasteiger partial charge in [0.1, 0.15) is 6.61 Å². The largest absolute Gasteiger partial charge is 0.466 e. The maximum Gasteiger partial charge on any atom is 0.306 e. The highest BCUT2D eigenvalue weighted by Gasteiger charge is 2.36. The molecule has 0 aliphatic carbocycles. The van der Waals surface area contributed by atoms with E-state index in [-0.39, 0.29) is 36.8 Å². The predicted molar refractivity (Wildman–Crippen MR) is 49.8 cm³/mol. The molecule has 1 fully saturated rings. The minimum atomic E-state index is -0.310. The summed E-state index contributed by atoms with van der Waals surface area (Å²) in [6, 6.07) is 0. The molecule has 0 radical (unpaired) electrons. The van der Waals surface area contributed by atoms with E-state index in [1.807, 2.05) is 6.92 Å². The Morgan fingerprint density at radius 2 is 2.29 bits per heavy atom. The van der Waals surface area contributed by atoms with Gasteiger partial charge in [-0.05, 0) is 13.3 Å². The topological polar surface area (TPSA) is 52.6 Å². The highest BCUT2D eigenvalue weighted by atomic mass is 16.5. The molecule has 4 heteroatoms. The van der Waals surface area contributed by atoms with Crippen LogP contribution < -0.4 is 0 Å². The summed E-state index contributed by atoms with van der Waals surface area (Å²) in [6.07, 6.45) is 0.813. The Morgan fingerprint density at radius 1 is 1.57 bits per heavy atom. The van der Waals surface area contributed by atoms with Crippen LogP contribution in [0.15, 0.2) is 0 Å². The zero-order chi connectivity index (χ0) is 10.6. The Bertz CT molecular complexity index is 224. The average molecular weight is 200 g/mol. The smallest absolute Gasteiger partial charge is 0.306 e. The number of ketones is 1. The number of Topliss-reactive ketones (excluding diaryl/α,β-unsaturated/α-hetero) is 1. The monoisotopic (exact) mass is 200 g/mol. The summed E-state index contributed by atoms with van der Waals surface area (Å²) in [5, 5.41) is 0. The van der Waals surface area contributed by atoms with Gasteiger partial charge in [-0.15, -0.1) is 0 Å². The summed E-state index contributed by atoms with van der Waals surface area (Å²) in [6.45, 7) is 4.20. The van der Waals surface area contributed by atoms with Gasteiger partial charge >= 0.3 is 5.97 Å². The minimum absolute atomic E-state index is 0.0184. The predicted octanol–water partition coefficient (Wildman–Crippen LogP) is 0.934. The lowest BCUT2D eigenvalue weighted by atomic mass is 9.95. The van der Waals surface area contributed by atoms with E-state index in [9.17, 15) is 9.59 Å². The van der Waals surface area contributed by atoms with Gasteiger partial charge in [0, 0.05) is 0 Å². The molecular formula is C10H16O4. The van der Waals surface area contributed by atoms with Gasteiger partial charge in [-0.1, -0.05) is 6.92 Å². The van der Waals surface area contributed by atoms with Crippen molar-refractivity contribution in [3.8, 4) is 0 Å². The molecule has 0 aromatic rings. The van der Waals surface area contributed by atoms with Crippen LogP contribution in [0, 0.1) is 5.92 Å². The lowest BCUT2D eigenvalue weighted by Gasteiger charge is -2.13. The molecule has 0 saturated carbocycles. The zero-order valence-corrected chi connectivity index (χ0v) is 8.62. The Morgan fingerprint density at radius 3 is 2.86 bits per heavy atom. The second-order valence-corrected chi connectivity index (χ2v) is 3.34. The van der Waals surface area contributed by atoms with Crippen molar-refractivity contribution in [1.82, 2.24) is 0 Å². The Labute approximate surface area is 83.6 Å². The molecule has 1 rings (SSSR count). The van der Waals surface area contributed by atoms with Crippen molar-refractivity contribution in [2.24, 2.45) is 5.92 Å². The van der Waals surface area contributed by atoms with Crippen LogP contribution in [0.25, 0.3) is 0 Å². The van der Waals surface area contributed by atoms with E-state index in [0.29, 0.717) is 6.61 Å². The van der Waals surface area contributed by atoms with Gasteiger partial charge in [-0.2, -0.15) is 0 Å². The quantitative estimate of drug-likeness (QED) is 0.633. The van der Waals surface area contributed by atoms with Crippen LogP contribution >= 0.6 is 0 Å². The van der Waals surface area contributed by atoms with Crippen LogP contribution in [0.3, 0.4) is 0 Å². The van der Waals surface area contributed by atoms with E-state index in [4.69, 9.17) is 9.47 Å². The fourth-order valence-electron chi connectivity index (χ4n) is 1.67. The number of esters is 1. The van der Waals surface area contributed by atoms with Gasteiger partial charge in [0.25, 0.3) is 0 Å². The minimum Gasteiger partial charge on any atom is -0.466 e. The third-order valence-electron chi connectivity index (χ3n) is 2.40. The summed E-state index contributed by atoms with van der Waals surface area (Å²) in [7, 11) is 0. The summed E-state index contributed by atoms with van der Waals surface area (Å²) >= 11 is 0. The van der Waals surface area contributed by atoms with E-state index in [0.717, 1.165) is 6.42 Å². The van der Waals surface area contributed by atoms with Gasteiger partial charge in [0.2, 0.25) is 0 Å². The molecule has 1 aliphatic rings. The number of hydrogen-bond acceptors (Lipinski definition) is 4. The molecule has 0 aromatic heterocycles. The summed E-state index contributed by atoms with van der Waals surface area (Å²) in [5.74, 6) is -0.584. The first-order chi connectivity index (χ1) is 6.69. The molecule has 0 bridgehead atoms. The standard InChI is InChI=1S/C10H16O4/c1-3-9-7(8(11)6-14-9)5-10(12)13-4-2/h7,9H,3-6H2,1-2H3/t7-,9+/m0/s1. The van der Waals surface area contributed by atoms with E-state index in [1.54, 1.807) is 6.92 Å². The summed E-state index contributed by atoms with van der Waals surface area (Å²) in [5.41, 5.74) is 0. The molecule has 0 N–H and O–H groups in total. The maximum absolute atomic E-state index is 11.4. The van der Waals surface area contributed by atoms with E-state index < -0.39 is 0 Å². The molecule has 2 atom stereocenters. The van der Waals surface area contributed by atoms with Gasteiger partial charge in [-0.3, -0.25) is 9.59 Å². The van der Waals surface area contributed by atoms with Gasteiger partial charge < -0.3 is 9.47 Å². The Balaban J connectivity index is 2.48. The molecule has 4 nitrogen and oxygen atoms in total. The molecule has 1 aliphatic heterocycles. The van der Waals surface area contributed by atoms with E-state index >= 15 is 0 Å². The maximum atomic E-state index is 11.4. The first-order valence-electron chi connectivity index (χ1n) is 4.99. The van der Waals surface area contributed by atoms with Crippen LogP contribution in [0.2, 0.25) is 0 Å². The van der Waals surface area contributed by atoms with Crippen LogP contribution in [0.5, 0.6) is 0 Å². The Kier molecular flexibility index (Phi) is 4.07. The summed E-state index contributed by atoms with van der Waals surface area (Å²) < 4.78 is 10.0. The molecule has 1 heterocycles. The first-order valence-corrected chi connectivity index (χ1v) is 4.99.